The van der Waals surface area contributed by atoms with E-state index in [0.717, 1.165) is 18.2 Å². The molecule has 0 aliphatic rings. The first kappa shape index (κ1) is 17.7. The van der Waals surface area contributed by atoms with Gasteiger partial charge in [0.1, 0.15) is 5.75 Å². The second kappa shape index (κ2) is 6.43. The molecule has 0 spiro atoms. The summed E-state index contributed by atoms with van der Waals surface area (Å²) in [4.78, 5) is 0. The van der Waals surface area contributed by atoms with Crippen LogP contribution in [0.3, 0.4) is 0 Å². The van der Waals surface area contributed by atoms with Gasteiger partial charge in [-0.25, -0.2) is 0 Å². The van der Waals surface area contributed by atoms with Crippen LogP contribution in [0, 0.1) is 0 Å². The monoisotopic (exact) mass is 398 g/mol. The molecule has 0 amide bonds. The van der Waals surface area contributed by atoms with E-state index in [4.69, 9.17) is 0 Å². The molecule has 0 aliphatic heterocycles. The Balaban J connectivity index is 2.72. The van der Waals surface area contributed by atoms with E-state index in [9.17, 15) is 26.3 Å². The van der Waals surface area contributed by atoms with Crippen molar-refractivity contribution in [2.75, 3.05) is 0 Å². The highest BCUT2D eigenvalue weighted by atomic mass is 79.9. The van der Waals surface area contributed by atoms with E-state index < -0.39 is 23.9 Å². The number of hydrogen-bond donors (Lipinski definition) is 0. The van der Waals surface area contributed by atoms with Crippen molar-refractivity contribution < 1.29 is 31.1 Å². The molecule has 8 heteroatoms. The Morgan fingerprint density at radius 1 is 0.870 bits per heavy atom. The van der Waals surface area contributed by atoms with Crippen molar-refractivity contribution in [2.45, 2.75) is 17.9 Å². The second-order valence-corrected chi connectivity index (χ2v) is 5.08. The van der Waals surface area contributed by atoms with E-state index in [1.165, 1.54) is 24.3 Å². The van der Waals surface area contributed by atoms with E-state index in [2.05, 4.69) is 20.7 Å². The average molecular weight is 399 g/mol. The topological polar surface area (TPSA) is 9.23 Å². The summed E-state index contributed by atoms with van der Waals surface area (Å²) in [5.41, 5.74) is -1.42. The first-order valence-electron chi connectivity index (χ1n) is 6.23. The molecule has 2 rings (SSSR count). The molecule has 2 aromatic carbocycles. The third-order valence-corrected chi connectivity index (χ3v) is 3.59. The quantitative estimate of drug-likeness (QED) is 0.444. The van der Waals surface area contributed by atoms with Crippen molar-refractivity contribution in [1.82, 2.24) is 0 Å². The lowest BCUT2D eigenvalue weighted by atomic mass is 9.94. The zero-order valence-electron chi connectivity index (χ0n) is 11.3. The predicted molar refractivity (Wildman–Crippen MR) is 76.2 cm³/mol. The van der Waals surface area contributed by atoms with Gasteiger partial charge >= 0.3 is 12.5 Å². The zero-order valence-corrected chi connectivity index (χ0v) is 12.9. The molecule has 23 heavy (non-hydrogen) atoms. The Kier molecular flexibility index (Phi) is 4.93. The summed E-state index contributed by atoms with van der Waals surface area (Å²) >= 11 is 3.06. The molecule has 0 atom stereocenters. The number of rotatable bonds is 3. The van der Waals surface area contributed by atoms with E-state index in [1.54, 1.807) is 0 Å². The van der Waals surface area contributed by atoms with E-state index in [0.29, 0.717) is 0 Å². The largest absolute Gasteiger partial charge is 0.573 e. The van der Waals surface area contributed by atoms with Gasteiger partial charge in [-0.3, -0.25) is 0 Å². The number of halogens is 7. The summed E-state index contributed by atoms with van der Waals surface area (Å²) in [7, 11) is 0. The molecule has 0 saturated heterocycles. The van der Waals surface area contributed by atoms with E-state index in [-0.39, 0.29) is 22.0 Å². The maximum absolute atomic E-state index is 13.2. The first-order chi connectivity index (χ1) is 10.6. The second-order valence-electron chi connectivity index (χ2n) is 4.52. The predicted octanol–water partition coefficient (Wildman–Crippen LogP) is 6.17. The fourth-order valence-electron chi connectivity index (χ4n) is 2.15. The van der Waals surface area contributed by atoms with Crippen LogP contribution < -0.4 is 4.74 Å². The molecule has 0 N–H and O–H groups in total. The molecule has 0 heterocycles. The van der Waals surface area contributed by atoms with Crippen molar-refractivity contribution in [3.63, 3.8) is 0 Å². The number of para-hydroxylation sites is 1. The third kappa shape index (κ3) is 4.19. The Morgan fingerprint density at radius 3 is 2.09 bits per heavy atom. The molecule has 1 nitrogen and oxygen atoms in total. The lowest BCUT2D eigenvalue weighted by Crippen LogP contribution is -2.18. The molecule has 0 aliphatic carbocycles. The maximum atomic E-state index is 13.2. The molecule has 0 radical (unpaired) electrons. The molecule has 124 valence electrons. The normalized spacial score (nSPS) is 12.3. The minimum absolute atomic E-state index is 0.0482. The molecular formula is C15H9BrF6O. The summed E-state index contributed by atoms with van der Waals surface area (Å²) in [5, 5.41) is 0.0482. The number of alkyl halides is 7. The van der Waals surface area contributed by atoms with Crippen LogP contribution >= 0.6 is 15.9 Å². The van der Waals surface area contributed by atoms with Crippen LogP contribution in [0.15, 0.2) is 42.5 Å². The summed E-state index contributed by atoms with van der Waals surface area (Å²) in [6, 6.07) is 8.19. The highest BCUT2D eigenvalue weighted by Gasteiger charge is 2.37. The summed E-state index contributed by atoms with van der Waals surface area (Å²) < 4.78 is 81.1. The Bertz CT molecular complexity index is 693. The number of ether oxygens (including phenoxy) is 1. The van der Waals surface area contributed by atoms with Crippen LogP contribution in [0.25, 0.3) is 11.1 Å². The highest BCUT2D eigenvalue weighted by molar-refractivity contribution is 9.08. The smallest absolute Gasteiger partial charge is 0.405 e. The summed E-state index contributed by atoms with van der Waals surface area (Å²) in [6.07, 6.45) is -9.71. The van der Waals surface area contributed by atoms with Crippen LogP contribution in [0.1, 0.15) is 11.1 Å². The van der Waals surface area contributed by atoms with Gasteiger partial charge < -0.3 is 4.74 Å². The average Bonchev–Trinajstić information content (AvgIpc) is 2.44. The SMILES string of the molecule is FC(F)(F)Oc1ccccc1-c1c(CBr)cccc1C(F)(F)F. The van der Waals surface area contributed by atoms with Crippen LogP contribution in [0.4, 0.5) is 26.3 Å². The van der Waals surface area contributed by atoms with Crippen molar-refractivity contribution in [2.24, 2.45) is 0 Å². The van der Waals surface area contributed by atoms with E-state index in [1.807, 2.05) is 0 Å². The van der Waals surface area contributed by atoms with Crippen molar-refractivity contribution in [3.05, 3.63) is 53.6 Å². The van der Waals surface area contributed by atoms with Gasteiger partial charge in [0.25, 0.3) is 0 Å². The highest BCUT2D eigenvalue weighted by Crippen LogP contribution is 2.43. The van der Waals surface area contributed by atoms with Gasteiger partial charge in [0, 0.05) is 16.5 Å². The lowest BCUT2D eigenvalue weighted by Gasteiger charge is -2.19. The van der Waals surface area contributed by atoms with Crippen LogP contribution in [-0.4, -0.2) is 6.36 Å². The van der Waals surface area contributed by atoms with Gasteiger partial charge in [-0.05, 0) is 17.7 Å². The summed E-state index contributed by atoms with van der Waals surface area (Å²) in [5.74, 6) is -0.682. The Morgan fingerprint density at radius 2 is 1.52 bits per heavy atom. The summed E-state index contributed by atoms with van der Waals surface area (Å²) in [6.45, 7) is 0. The molecule has 0 saturated carbocycles. The van der Waals surface area contributed by atoms with Gasteiger partial charge in [-0.2, -0.15) is 13.2 Å². The van der Waals surface area contributed by atoms with Gasteiger partial charge in [0.05, 0.1) is 5.56 Å². The van der Waals surface area contributed by atoms with Crippen LogP contribution in [0.2, 0.25) is 0 Å². The van der Waals surface area contributed by atoms with Crippen molar-refractivity contribution in [3.8, 4) is 16.9 Å². The van der Waals surface area contributed by atoms with Gasteiger partial charge in [0.15, 0.2) is 0 Å². The van der Waals surface area contributed by atoms with Crippen LogP contribution in [0.5, 0.6) is 5.75 Å². The molecule has 0 fully saturated rings. The van der Waals surface area contributed by atoms with E-state index >= 15 is 0 Å². The number of benzene rings is 2. The maximum Gasteiger partial charge on any atom is 0.573 e. The van der Waals surface area contributed by atoms with Crippen LogP contribution in [-0.2, 0) is 11.5 Å². The molecule has 0 unspecified atom stereocenters. The Hall–Kier alpha value is -1.70. The third-order valence-electron chi connectivity index (χ3n) is 2.98. The first-order valence-corrected chi connectivity index (χ1v) is 7.36. The van der Waals surface area contributed by atoms with Crippen molar-refractivity contribution >= 4 is 15.9 Å². The minimum atomic E-state index is -5.00. The van der Waals surface area contributed by atoms with Crippen molar-refractivity contribution in [1.29, 1.82) is 0 Å². The lowest BCUT2D eigenvalue weighted by molar-refractivity contribution is -0.274. The molecular weight excluding hydrogens is 390 g/mol. The zero-order chi connectivity index (χ0) is 17.3. The fraction of sp³-hybridized carbons (Fsp3) is 0.200. The minimum Gasteiger partial charge on any atom is -0.405 e. The standard InChI is InChI=1S/C15H9BrF6O/c16-8-9-4-3-6-11(14(17,18)19)13(9)10-5-1-2-7-12(10)23-15(20,21)22/h1-7H,8H2. The fourth-order valence-corrected chi connectivity index (χ4v) is 2.62. The van der Waals surface area contributed by atoms with Gasteiger partial charge in [-0.15, -0.1) is 13.2 Å². The molecule has 0 aromatic heterocycles. The van der Waals surface area contributed by atoms with Gasteiger partial charge in [0.2, 0.25) is 0 Å². The number of hydrogen-bond acceptors (Lipinski definition) is 1. The Labute approximate surface area is 136 Å². The molecule has 2 aromatic rings. The van der Waals surface area contributed by atoms with Gasteiger partial charge in [-0.1, -0.05) is 46.3 Å². The molecule has 0 bridgehead atoms.